The normalized spacial score (nSPS) is 37.1. The zero-order chi connectivity index (χ0) is 12.5. The van der Waals surface area contributed by atoms with E-state index < -0.39 is 5.60 Å². The van der Waals surface area contributed by atoms with Gasteiger partial charge in [0.25, 0.3) is 0 Å². The number of hydrogen-bond acceptors (Lipinski definition) is 4. The van der Waals surface area contributed by atoms with Crippen LogP contribution in [0, 0.1) is 0 Å². The van der Waals surface area contributed by atoms with Gasteiger partial charge in [-0.3, -0.25) is 4.79 Å². The fourth-order valence-electron chi connectivity index (χ4n) is 3.31. The molecule has 2 atom stereocenters. The Kier molecular flexibility index (Phi) is 3.73. The number of aliphatic hydroxyl groups is 1. The third kappa shape index (κ3) is 2.80. The Morgan fingerprint density at radius 3 is 2.53 bits per heavy atom. The predicted octanol–water partition coefficient (Wildman–Crippen LogP) is 1.32. The summed E-state index contributed by atoms with van der Waals surface area (Å²) in [6, 6.07) is 1.00. The second-order valence-corrected chi connectivity index (χ2v) is 5.49. The molecule has 2 bridgehead atoms. The molecule has 0 spiro atoms. The first kappa shape index (κ1) is 12.8. The van der Waals surface area contributed by atoms with Crippen molar-refractivity contribution in [2.24, 2.45) is 0 Å². The summed E-state index contributed by atoms with van der Waals surface area (Å²) >= 11 is 0. The van der Waals surface area contributed by atoms with Crippen molar-refractivity contribution in [1.82, 2.24) is 4.90 Å². The number of piperidine rings is 1. The summed E-state index contributed by atoms with van der Waals surface area (Å²) in [4.78, 5) is 13.7. The topological polar surface area (TPSA) is 49.8 Å². The number of esters is 1. The maximum Gasteiger partial charge on any atom is 0.305 e. The smallest absolute Gasteiger partial charge is 0.305 e. The summed E-state index contributed by atoms with van der Waals surface area (Å²) in [5.41, 5.74) is -0.648. The Bertz CT molecular complexity index is 278. The standard InChI is InChI=1S/C13H23NO3/c1-3-17-12(15)6-7-13(16)8-10-4-5-11(9-13)14(10)2/h10-11,16H,3-9H2,1-2H3. The highest BCUT2D eigenvalue weighted by Gasteiger charge is 2.45. The number of hydrogen-bond donors (Lipinski definition) is 1. The molecule has 0 aromatic rings. The van der Waals surface area contributed by atoms with Gasteiger partial charge in [-0.1, -0.05) is 0 Å². The van der Waals surface area contributed by atoms with Crippen LogP contribution in [-0.4, -0.2) is 47.3 Å². The molecule has 2 aliphatic rings. The molecule has 2 aliphatic heterocycles. The van der Waals surface area contributed by atoms with Gasteiger partial charge in [-0.25, -0.2) is 0 Å². The Hall–Kier alpha value is -0.610. The van der Waals surface area contributed by atoms with Gasteiger partial charge in [-0.05, 0) is 46.1 Å². The van der Waals surface area contributed by atoms with E-state index in [1.807, 2.05) is 6.92 Å². The zero-order valence-electron chi connectivity index (χ0n) is 10.8. The highest BCUT2D eigenvalue weighted by Crippen LogP contribution is 2.41. The van der Waals surface area contributed by atoms with Gasteiger partial charge in [0.1, 0.15) is 0 Å². The maximum atomic E-state index is 11.3. The van der Waals surface area contributed by atoms with E-state index in [9.17, 15) is 9.90 Å². The zero-order valence-corrected chi connectivity index (χ0v) is 10.8. The molecule has 2 unspecified atom stereocenters. The summed E-state index contributed by atoms with van der Waals surface area (Å²) in [6.07, 6.45) is 4.87. The van der Waals surface area contributed by atoms with E-state index >= 15 is 0 Å². The second-order valence-electron chi connectivity index (χ2n) is 5.49. The fourth-order valence-corrected chi connectivity index (χ4v) is 3.31. The number of carbonyl (C=O) groups is 1. The van der Waals surface area contributed by atoms with E-state index in [1.54, 1.807) is 0 Å². The van der Waals surface area contributed by atoms with Crippen molar-refractivity contribution in [1.29, 1.82) is 0 Å². The lowest BCUT2D eigenvalue weighted by atomic mass is 9.83. The van der Waals surface area contributed by atoms with Gasteiger partial charge in [0.15, 0.2) is 0 Å². The highest BCUT2D eigenvalue weighted by atomic mass is 16.5. The van der Waals surface area contributed by atoms with E-state index in [2.05, 4.69) is 11.9 Å². The lowest BCUT2D eigenvalue weighted by Crippen LogP contribution is -2.49. The van der Waals surface area contributed by atoms with Crippen LogP contribution < -0.4 is 0 Å². The van der Waals surface area contributed by atoms with Gasteiger partial charge in [0.05, 0.1) is 12.2 Å². The summed E-state index contributed by atoms with van der Waals surface area (Å²) in [6.45, 7) is 2.23. The molecule has 2 rings (SSSR count). The highest BCUT2D eigenvalue weighted by molar-refractivity contribution is 5.69. The lowest BCUT2D eigenvalue weighted by Gasteiger charge is -2.42. The first-order valence-corrected chi connectivity index (χ1v) is 6.64. The maximum absolute atomic E-state index is 11.3. The van der Waals surface area contributed by atoms with E-state index in [-0.39, 0.29) is 5.97 Å². The van der Waals surface area contributed by atoms with E-state index in [0.29, 0.717) is 31.5 Å². The van der Waals surface area contributed by atoms with Crippen LogP contribution in [0.25, 0.3) is 0 Å². The van der Waals surface area contributed by atoms with Crippen molar-refractivity contribution in [2.45, 2.75) is 63.1 Å². The Labute approximate surface area is 103 Å². The van der Waals surface area contributed by atoms with Gasteiger partial charge in [0.2, 0.25) is 0 Å². The van der Waals surface area contributed by atoms with Crippen LogP contribution in [0.5, 0.6) is 0 Å². The molecule has 2 fully saturated rings. The molecule has 2 saturated heterocycles. The third-order valence-corrected chi connectivity index (χ3v) is 4.32. The van der Waals surface area contributed by atoms with Gasteiger partial charge >= 0.3 is 5.97 Å². The average Bonchev–Trinajstić information content (AvgIpc) is 2.52. The number of fused-ring (bicyclic) bond motifs is 2. The van der Waals surface area contributed by atoms with Gasteiger partial charge in [-0.15, -0.1) is 0 Å². The summed E-state index contributed by atoms with van der Waals surface area (Å²) in [7, 11) is 2.15. The molecule has 0 aliphatic carbocycles. The molecule has 0 aromatic heterocycles. The summed E-state index contributed by atoms with van der Waals surface area (Å²) in [5, 5.41) is 10.6. The number of carbonyl (C=O) groups excluding carboxylic acids is 1. The quantitative estimate of drug-likeness (QED) is 0.754. The molecule has 2 heterocycles. The second kappa shape index (κ2) is 4.94. The number of rotatable bonds is 4. The summed E-state index contributed by atoms with van der Waals surface area (Å²) in [5.74, 6) is -0.188. The van der Waals surface area contributed by atoms with Crippen LogP contribution in [-0.2, 0) is 9.53 Å². The first-order chi connectivity index (χ1) is 8.04. The molecule has 0 aromatic carbocycles. The SMILES string of the molecule is CCOC(=O)CCC1(O)CC2CCC(C1)N2C. The molecule has 98 valence electrons. The Morgan fingerprint density at radius 1 is 1.41 bits per heavy atom. The molecule has 0 amide bonds. The van der Waals surface area contributed by atoms with Crippen molar-refractivity contribution in [3.63, 3.8) is 0 Å². The number of ether oxygens (including phenoxy) is 1. The number of nitrogens with zero attached hydrogens (tertiary/aromatic N) is 1. The molecule has 17 heavy (non-hydrogen) atoms. The van der Waals surface area contributed by atoms with Crippen LogP contribution in [0.15, 0.2) is 0 Å². The molecule has 0 radical (unpaired) electrons. The van der Waals surface area contributed by atoms with Crippen molar-refractivity contribution < 1.29 is 14.6 Å². The first-order valence-electron chi connectivity index (χ1n) is 6.64. The van der Waals surface area contributed by atoms with E-state index in [0.717, 1.165) is 12.8 Å². The minimum Gasteiger partial charge on any atom is -0.466 e. The minimum atomic E-state index is -0.648. The largest absolute Gasteiger partial charge is 0.466 e. The average molecular weight is 241 g/mol. The van der Waals surface area contributed by atoms with Gasteiger partial charge in [-0.2, -0.15) is 0 Å². The molecule has 4 heteroatoms. The van der Waals surface area contributed by atoms with Gasteiger partial charge < -0.3 is 14.7 Å². The van der Waals surface area contributed by atoms with Gasteiger partial charge in [0, 0.05) is 18.5 Å². The minimum absolute atomic E-state index is 0.188. The van der Waals surface area contributed by atoms with Crippen molar-refractivity contribution in [2.75, 3.05) is 13.7 Å². The summed E-state index contributed by atoms with van der Waals surface area (Å²) < 4.78 is 4.91. The van der Waals surface area contributed by atoms with Crippen LogP contribution in [0.1, 0.15) is 45.4 Å². The van der Waals surface area contributed by atoms with Crippen LogP contribution in [0.4, 0.5) is 0 Å². The van der Waals surface area contributed by atoms with E-state index in [4.69, 9.17) is 4.74 Å². The van der Waals surface area contributed by atoms with Crippen molar-refractivity contribution in [3.8, 4) is 0 Å². The Balaban J connectivity index is 1.86. The fraction of sp³-hybridized carbons (Fsp3) is 0.923. The molecular formula is C13H23NO3. The molecule has 0 saturated carbocycles. The Morgan fingerprint density at radius 2 is 2.00 bits per heavy atom. The van der Waals surface area contributed by atoms with Crippen LogP contribution in [0.3, 0.4) is 0 Å². The molecule has 4 nitrogen and oxygen atoms in total. The molecule has 1 N–H and O–H groups in total. The van der Waals surface area contributed by atoms with Crippen LogP contribution in [0.2, 0.25) is 0 Å². The lowest BCUT2D eigenvalue weighted by molar-refractivity contribution is -0.145. The third-order valence-electron chi connectivity index (χ3n) is 4.32. The van der Waals surface area contributed by atoms with Crippen LogP contribution >= 0.6 is 0 Å². The monoisotopic (exact) mass is 241 g/mol. The van der Waals surface area contributed by atoms with Crippen molar-refractivity contribution in [3.05, 3.63) is 0 Å². The van der Waals surface area contributed by atoms with E-state index in [1.165, 1.54) is 12.8 Å². The molecular weight excluding hydrogens is 218 g/mol. The van der Waals surface area contributed by atoms with Crippen molar-refractivity contribution >= 4 is 5.97 Å². The predicted molar refractivity (Wildman–Crippen MR) is 64.6 cm³/mol.